The molecule has 3 aliphatic rings. The predicted molar refractivity (Wildman–Crippen MR) is 101 cm³/mol. The van der Waals surface area contributed by atoms with Crippen molar-refractivity contribution in [3.05, 3.63) is 35.4 Å². The lowest BCUT2D eigenvalue weighted by Gasteiger charge is -2.51. The Morgan fingerprint density at radius 1 is 1.20 bits per heavy atom. The zero-order valence-corrected chi connectivity index (χ0v) is 16.0. The Bertz CT molecular complexity index is 718. The molecule has 5 heteroatoms. The Labute approximate surface area is 152 Å². The van der Waals surface area contributed by atoms with Crippen molar-refractivity contribution in [2.45, 2.75) is 57.5 Å². The smallest absolute Gasteiger partial charge is 0.214 e. The summed E-state index contributed by atoms with van der Waals surface area (Å²) < 4.78 is 27.7. The monoisotopic (exact) mass is 362 g/mol. The van der Waals surface area contributed by atoms with E-state index in [1.165, 1.54) is 17.5 Å². The molecule has 0 aliphatic carbocycles. The first-order valence-corrected chi connectivity index (χ1v) is 11.5. The third-order valence-electron chi connectivity index (χ3n) is 6.44. The molecule has 1 aromatic rings. The van der Waals surface area contributed by atoms with Crippen molar-refractivity contribution in [3.63, 3.8) is 0 Å². The molecule has 4 rings (SSSR count). The van der Waals surface area contributed by atoms with Gasteiger partial charge in [0.2, 0.25) is 10.0 Å². The second kappa shape index (κ2) is 7.01. The molecule has 0 N–H and O–H groups in total. The number of benzene rings is 1. The van der Waals surface area contributed by atoms with Gasteiger partial charge in [-0.3, -0.25) is 4.90 Å². The average Bonchev–Trinajstić information content (AvgIpc) is 2.64. The van der Waals surface area contributed by atoms with Gasteiger partial charge >= 0.3 is 0 Å². The Morgan fingerprint density at radius 2 is 2.04 bits per heavy atom. The molecule has 0 aromatic heterocycles. The fraction of sp³-hybridized carbons (Fsp3) is 0.700. The van der Waals surface area contributed by atoms with Crippen molar-refractivity contribution in [2.24, 2.45) is 5.92 Å². The molecule has 0 saturated carbocycles. The van der Waals surface area contributed by atoms with E-state index in [1.807, 2.05) is 4.31 Å². The molecule has 0 bridgehead atoms. The Hall–Kier alpha value is -0.910. The first-order valence-electron chi connectivity index (χ1n) is 9.91. The van der Waals surface area contributed by atoms with Crippen LogP contribution in [0.15, 0.2) is 24.3 Å². The van der Waals surface area contributed by atoms with Gasteiger partial charge in [0, 0.05) is 31.7 Å². The maximum Gasteiger partial charge on any atom is 0.214 e. The van der Waals surface area contributed by atoms with Gasteiger partial charge < -0.3 is 0 Å². The minimum Gasteiger partial charge on any atom is -0.296 e. The minimum absolute atomic E-state index is 0.197. The molecule has 25 heavy (non-hydrogen) atoms. The van der Waals surface area contributed by atoms with E-state index in [-0.39, 0.29) is 6.04 Å². The Kier molecular flexibility index (Phi) is 4.91. The van der Waals surface area contributed by atoms with Gasteiger partial charge in [-0.05, 0) is 49.1 Å². The molecule has 1 aromatic carbocycles. The van der Waals surface area contributed by atoms with Gasteiger partial charge in [0.05, 0.1) is 5.75 Å². The van der Waals surface area contributed by atoms with E-state index in [0.29, 0.717) is 17.7 Å². The molecule has 3 atom stereocenters. The lowest BCUT2D eigenvalue weighted by molar-refractivity contribution is 0.0220. The predicted octanol–water partition coefficient (Wildman–Crippen LogP) is 3.20. The van der Waals surface area contributed by atoms with Crippen molar-refractivity contribution in [3.8, 4) is 0 Å². The summed E-state index contributed by atoms with van der Waals surface area (Å²) in [6, 6.07) is 9.35. The summed E-state index contributed by atoms with van der Waals surface area (Å²) in [7, 11) is -3.12. The first-order chi connectivity index (χ1) is 12.1. The van der Waals surface area contributed by atoms with E-state index < -0.39 is 10.0 Å². The van der Waals surface area contributed by atoms with Gasteiger partial charge in [-0.2, -0.15) is 4.31 Å². The number of hydrogen-bond donors (Lipinski definition) is 0. The highest BCUT2D eigenvalue weighted by molar-refractivity contribution is 7.89. The second-order valence-corrected chi connectivity index (χ2v) is 9.99. The van der Waals surface area contributed by atoms with Crippen molar-refractivity contribution >= 4 is 10.0 Å². The third-order valence-corrected chi connectivity index (χ3v) is 8.41. The molecule has 4 nitrogen and oxygen atoms in total. The van der Waals surface area contributed by atoms with Crippen LogP contribution in [0.3, 0.4) is 0 Å². The van der Waals surface area contributed by atoms with Gasteiger partial charge in [0.1, 0.15) is 0 Å². The van der Waals surface area contributed by atoms with Crippen LogP contribution in [0.25, 0.3) is 0 Å². The maximum atomic E-state index is 12.9. The number of nitrogens with zero attached hydrogens (tertiary/aromatic N) is 2. The van der Waals surface area contributed by atoms with Crippen molar-refractivity contribution in [1.29, 1.82) is 0 Å². The van der Waals surface area contributed by atoms with Crippen LogP contribution >= 0.6 is 0 Å². The summed E-state index contributed by atoms with van der Waals surface area (Å²) in [5.41, 5.74) is 2.89. The number of rotatable bonds is 4. The summed E-state index contributed by atoms with van der Waals surface area (Å²) in [6.07, 6.45) is 5.99. The zero-order valence-electron chi connectivity index (χ0n) is 15.2. The van der Waals surface area contributed by atoms with Crippen molar-refractivity contribution in [2.75, 3.05) is 25.4 Å². The summed E-state index contributed by atoms with van der Waals surface area (Å²) in [5, 5.41) is 0. The average molecular weight is 363 g/mol. The maximum absolute atomic E-state index is 12.9. The minimum atomic E-state index is -3.12. The summed E-state index contributed by atoms with van der Waals surface area (Å²) in [4.78, 5) is 2.62. The third kappa shape index (κ3) is 3.26. The molecule has 0 unspecified atom stereocenters. The van der Waals surface area contributed by atoms with Crippen molar-refractivity contribution < 1.29 is 8.42 Å². The SMILES string of the molecule is CCCCS(=O)(=O)N1CCC[C@@H]2CN3CCc4ccccc4[C@H]3C[C@@H]21. The van der Waals surface area contributed by atoms with Crippen LogP contribution in [0.2, 0.25) is 0 Å². The van der Waals surface area contributed by atoms with Crippen molar-refractivity contribution in [1.82, 2.24) is 9.21 Å². The highest BCUT2D eigenvalue weighted by Crippen LogP contribution is 2.43. The molecule has 3 heterocycles. The van der Waals surface area contributed by atoms with E-state index in [1.54, 1.807) is 0 Å². The summed E-state index contributed by atoms with van der Waals surface area (Å²) in [6.45, 7) is 4.96. The van der Waals surface area contributed by atoms with Crippen LogP contribution in [-0.2, 0) is 16.4 Å². The molecular weight excluding hydrogens is 332 g/mol. The fourth-order valence-corrected chi connectivity index (χ4v) is 7.11. The quantitative estimate of drug-likeness (QED) is 0.826. The molecule has 2 saturated heterocycles. The van der Waals surface area contributed by atoms with Crippen LogP contribution in [-0.4, -0.2) is 49.1 Å². The van der Waals surface area contributed by atoms with Crippen LogP contribution in [0, 0.1) is 5.92 Å². The second-order valence-electron chi connectivity index (χ2n) is 7.95. The lowest BCUT2D eigenvalue weighted by Crippen LogP contribution is -2.57. The number of hydrogen-bond acceptors (Lipinski definition) is 3. The zero-order chi connectivity index (χ0) is 17.4. The molecular formula is C20H30N2O2S. The van der Waals surface area contributed by atoms with E-state index in [9.17, 15) is 8.42 Å². The molecule has 3 aliphatic heterocycles. The van der Waals surface area contributed by atoms with Crippen LogP contribution in [0.4, 0.5) is 0 Å². The van der Waals surface area contributed by atoms with E-state index >= 15 is 0 Å². The van der Waals surface area contributed by atoms with Gasteiger partial charge in [-0.25, -0.2) is 8.42 Å². The van der Waals surface area contributed by atoms with Gasteiger partial charge in [-0.15, -0.1) is 0 Å². The Balaban J connectivity index is 1.60. The van der Waals surface area contributed by atoms with Crippen LogP contribution in [0.5, 0.6) is 0 Å². The van der Waals surface area contributed by atoms with E-state index in [2.05, 4.69) is 36.1 Å². The molecule has 2 fully saturated rings. The van der Waals surface area contributed by atoms with E-state index in [0.717, 1.165) is 51.7 Å². The van der Waals surface area contributed by atoms with E-state index in [4.69, 9.17) is 0 Å². The topological polar surface area (TPSA) is 40.6 Å². The normalized spacial score (nSPS) is 30.4. The largest absolute Gasteiger partial charge is 0.296 e. The van der Waals surface area contributed by atoms with Gasteiger partial charge in [-0.1, -0.05) is 37.6 Å². The molecule has 0 spiro atoms. The molecule has 0 amide bonds. The highest BCUT2D eigenvalue weighted by atomic mass is 32.2. The number of sulfonamides is 1. The first kappa shape index (κ1) is 17.5. The number of unbranched alkanes of at least 4 members (excludes halogenated alkanes) is 1. The summed E-state index contributed by atoms with van der Waals surface area (Å²) in [5.74, 6) is 0.823. The van der Waals surface area contributed by atoms with Gasteiger partial charge in [0.15, 0.2) is 0 Å². The standard InChI is InChI=1S/C20H30N2O2S/c1-2-3-13-25(23,24)22-11-6-8-17-15-21-12-10-16-7-4-5-9-18(16)20(21)14-19(17)22/h4-5,7,9,17,19-20H,2-3,6,8,10-15H2,1H3/t17-,19+,20-/m1/s1. The Morgan fingerprint density at radius 3 is 2.88 bits per heavy atom. The van der Waals surface area contributed by atoms with Crippen LogP contribution in [0.1, 0.15) is 56.2 Å². The lowest BCUT2D eigenvalue weighted by atomic mass is 9.77. The fourth-order valence-electron chi connectivity index (χ4n) is 5.14. The summed E-state index contributed by atoms with van der Waals surface area (Å²) >= 11 is 0. The highest BCUT2D eigenvalue weighted by Gasteiger charge is 2.45. The van der Waals surface area contributed by atoms with Crippen LogP contribution < -0.4 is 0 Å². The van der Waals surface area contributed by atoms with Gasteiger partial charge in [0.25, 0.3) is 0 Å². The number of fused-ring (bicyclic) bond motifs is 4. The molecule has 0 radical (unpaired) electrons. The molecule has 138 valence electrons. The number of piperidine rings is 2.